The van der Waals surface area contributed by atoms with Crippen molar-refractivity contribution in [3.8, 4) is 0 Å². The van der Waals surface area contributed by atoms with Crippen molar-refractivity contribution >= 4 is 11.6 Å². The van der Waals surface area contributed by atoms with Gasteiger partial charge in [0.05, 0.1) is 0 Å². The van der Waals surface area contributed by atoms with Crippen LogP contribution < -0.4 is 5.32 Å². The van der Waals surface area contributed by atoms with Crippen LogP contribution in [-0.2, 0) is 6.54 Å². The van der Waals surface area contributed by atoms with Gasteiger partial charge in [0.2, 0.25) is 0 Å². The molecule has 2 aliphatic heterocycles. The van der Waals surface area contributed by atoms with Crippen LogP contribution in [0.25, 0.3) is 0 Å². The number of hydrogen-bond acceptors (Lipinski definition) is 2. The summed E-state index contributed by atoms with van der Waals surface area (Å²) in [4.78, 5) is 2.45. The maximum Gasteiger partial charge on any atom is 0.123 e. The van der Waals surface area contributed by atoms with Crippen molar-refractivity contribution in [2.75, 3.05) is 19.6 Å². The lowest BCUT2D eigenvalue weighted by Gasteiger charge is -2.37. The smallest absolute Gasteiger partial charge is 0.123 e. The Bertz CT molecular complexity index is 438. The highest BCUT2D eigenvalue weighted by molar-refractivity contribution is 6.31. The van der Waals surface area contributed by atoms with Crippen LogP contribution in [0.15, 0.2) is 18.2 Å². The summed E-state index contributed by atoms with van der Waals surface area (Å²) in [7, 11) is 0. The quantitative estimate of drug-likeness (QED) is 0.887. The first kappa shape index (κ1) is 12.4. The van der Waals surface area contributed by atoms with Gasteiger partial charge in [-0.3, -0.25) is 4.90 Å². The van der Waals surface area contributed by atoms with Crippen molar-refractivity contribution in [2.45, 2.75) is 25.4 Å². The summed E-state index contributed by atoms with van der Waals surface area (Å²) < 4.78 is 13.3. The van der Waals surface area contributed by atoms with Gasteiger partial charge >= 0.3 is 0 Å². The van der Waals surface area contributed by atoms with E-state index in [-0.39, 0.29) is 5.82 Å². The maximum atomic E-state index is 13.3. The molecular formula is C14H18ClFN2. The van der Waals surface area contributed by atoms with Crippen molar-refractivity contribution in [3.63, 3.8) is 0 Å². The van der Waals surface area contributed by atoms with Crippen LogP contribution in [-0.4, -0.2) is 30.6 Å². The highest BCUT2D eigenvalue weighted by Gasteiger charge is 2.34. The minimum Gasteiger partial charge on any atom is -0.315 e. The van der Waals surface area contributed by atoms with Crippen molar-refractivity contribution in [2.24, 2.45) is 5.92 Å². The lowest BCUT2D eigenvalue weighted by atomic mass is 9.91. The Morgan fingerprint density at radius 3 is 3.17 bits per heavy atom. The van der Waals surface area contributed by atoms with Crippen LogP contribution in [0.4, 0.5) is 4.39 Å². The van der Waals surface area contributed by atoms with E-state index >= 15 is 0 Å². The van der Waals surface area contributed by atoms with Crippen LogP contribution in [0.2, 0.25) is 5.02 Å². The first-order valence-electron chi connectivity index (χ1n) is 6.63. The summed E-state index contributed by atoms with van der Waals surface area (Å²) in [6.45, 7) is 4.03. The fourth-order valence-electron chi connectivity index (χ4n) is 3.24. The Morgan fingerprint density at radius 1 is 1.39 bits per heavy atom. The fraction of sp³-hybridized carbons (Fsp3) is 0.571. The zero-order chi connectivity index (χ0) is 12.5. The number of hydrogen-bond donors (Lipinski definition) is 1. The lowest BCUT2D eigenvalue weighted by molar-refractivity contribution is 0.117. The van der Waals surface area contributed by atoms with Gasteiger partial charge in [-0.15, -0.1) is 0 Å². The van der Waals surface area contributed by atoms with Crippen molar-refractivity contribution in [1.82, 2.24) is 10.2 Å². The number of fused-ring (bicyclic) bond motifs is 1. The maximum absolute atomic E-state index is 13.3. The standard InChI is InChI=1S/C14H18ClFN2/c15-13-4-3-12(16)6-11(13)9-18-5-1-2-10-7-17-8-14(10)18/h3-4,6,10,14,17H,1-2,5,7-9H2. The highest BCUT2D eigenvalue weighted by atomic mass is 35.5. The van der Waals surface area contributed by atoms with Gasteiger partial charge in [-0.25, -0.2) is 4.39 Å². The molecule has 0 aromatic heterocycles. The molecule has 2 saturated heterocycles. The molecule has 18 heavy (non-hydrogen) atoms. The molecule has 0 bridgehead atoms. The second-order valence-corrected chi connectivity index (χ2v) is 5.74. The molecule has 1 aromatic rings. The first-order chi connectivity index (χ1) is 8.74. The van der Waals surface area contributed by atoms with E-state index in [0.29, 0.717) is 11.1 Å². The number of rotatable bonds is 2. The summed E-state index contributed by atoms with van der Waals surface area (Å²) >= 11 is 6.15. The highest BCUT2D eigenvalue weighted by Crippen LogP contribution is 2.29. The summed E-state index contributed by atoms with van der Waals surface area (Å²) in [5.74, 6) is 0.554. The molecule has 0 saturated carbocycles. The van der Waals surface area contributed by atoms with E-state index < -0.39 is 0 Å². The van der Waals surface area contributed by atoms with E-state index in [0.717, 1.165) is 37.7 Å². The molecule has 0 spiro atoms. The molecule has 2 atom stereocenters. The monoisotopic (exact) mass is 268 g/mol. The molecule has 2 heterocycles. The third kappa shape index (κ3) is 2.40. The average Bonchev–Trinajstić information content (AvgIpc) is 2.83. The topological polar surface area (TPSA) is 15.3 Å². The molecule has 1 N–H and O–H groups in total. The van der Waals surface area contributed by atoms with Crippen LogP contribution in [0.1, 0.15) is 18.4 Å². The van der Waals surface area contributed by atoms with Crippen molar-refractivity contribution < 1.29 is 4.39 Å². The van der Waals surface area contributed by atoms with Crippen LogP contribution in [0, 0.1) is 11.7 Å². The molecule has 0 aliphatic carbocycles. The predicted molar refractivity (Wildman–Crippen MR) is 71.2 cm³/mol. The Balaban J connectivity index is 1.77. The Morgan fingerprint density at radius 2 is 2.28 bits per heavy atom. The third-order valence-electron chi connectivity index (χ3n) is 4.17. The van der Waals surface area contributed by atoms with E-state index in [1.807, 2.05) is 0 Å². The van der Waals surface area contributed by atoms with Gasteiger partial charge in [0, 0.05) is 24.2 Å². The minimum absolute atomic E-state index is 0.201. The minimum atomic E-state index is -0.201. The Labute approximate surface area is 112 Å². The molecule has 98 valence electrons. The van der Waals surface area contributed by atoms with Crippen LogP contribution in [0.3, 0.4) is 0 Å². The third-order valence-corrected chi connectivity index (χ3v) is 4.54. The van der Waals surface area contributed by atoms with E-state index in [9.17, 15) is 4.39 Å². The number of halogens is 2. The molecular weight excluding hydrogens is 251 g/mol. The number of benzene rings is 1. The van der Waals surface area contributed by atoms with E-state index in [1.54, 1.807) is 12.1 Å². The zero-order valence-electron chi connectivity index (χ0n) is 10.3. The summed E-state index contributed by atoms with van der Waals surface area (Å²) in [6, 6.07) is 5.23. The van der Waals surface area contributed by atoms with Gasteiger partial charge < -0.3 is 5.32 Å². The molecule has 2 aliphatic rings. The number of likely N-dealkylation sites (tertiary alicyclic amines) is 1. The van der Waals surface area contributed by atoms with Gasteiger partial charge in [-0.05, 0) is 55.6 Å². The number of nitrogens with one attached hydrogen (secondary N) is 1. The molecule has 2 nitrogen and oxygen atoms in total. The van der Waals surface area contributed by atoms with Crippen molar-refractivity contribution in [1.29, 1.82) is 0 Å². The molecule has 1 aromatic carbocycles. The largest absolute Gasteiger partial charge is 0.315 e. The average molecular weight is 269 g/mol. The summed E-state index contributed by atoms with van der Waals surface area (Å²) in [5, 5.41) is 4.13. The SMILES string of the molecule is Fc1ccc(Cl)c(CN2CCCC3CNCC32)c1. The van der Waals surface area contributed by atoms with Crippen molar-refractivity contribution in [3.05, 3.63) is 34.6 Å². The Hall–Kier alpha value is -0.640. The first-order valence-corrected chi connectivity index (χ1v) is 7.00. The van der Waals surface area contributed by atoms with Gasteiger partial charge in [-0.1, -0.05) is 11.6 Å². The zero-order valence-corrected chi connectivity index (χ0v) is 11.1. The van der Waals surface area contributed by atoms with Gasteiger partial charge in [0.15, 0.2) is 0 Å². The Kier molecular flexibility index (Phi) is 3.55. The van der Waals surface area contributed by atoms with Crippen LogP contribution in [0.5, 0.6) is 0 Å². The van der Waals surface area contributed by atoms with Gasteiger partial charge in [0.1, 0.15) is 5.82 Å². The van der Waals surface area contributed by atoms with Crippen LogP contribution >= 0.6 is 11.6 Å². The molecule has 0 radical (unpaired) electrons. The second-order valence-electron chi connectivity index (χ2n) is 5.33. The normalized spacial score (nSPS) is 28.3. The van der Waals surface area contributed by atoms with E-state index in [1.165, 1.54) is 18.9 Å². The number of nitrogens with zero attached hydrogens (tertiary/aromatic N) is 1. The fourth-order valence-corrected chi connectivity index (χ4v) is 3.42. The molecule has 0 amide bonds. The summed E-state index contributed by atoms with van der Waals surface area (Å²) in [6.07, 6.45) is 2.54. The van der Waals surface area contributed by atoms with E-state index in [2.05, 4.69) is 10.2 Å². The predicted octanol–water partition coefficient (Wildman–Crippen LogP) is 2.66. The lowest BCUT2D eigenvalue weighted by Crippen LogP contribution is -2.44. The van der Waals surface area contributed by atoms with Gasteiger partial charge in [0.25, 0.3) is 0 Å². The van der Waals surface area contributed by atoms with E-state index in [4.69, 9.17) is 11.6 Å². The summed E-state index contributed by atoms with van der Waals surface area (Å²) in [5.41, 5.74) is 0.907. The number of piperidine rings is 1. The molecule has 4 heteroatoms. The van der Waals surface area contributed by atoms with Gasteiger partial charge in [-0.2, -0.15) is 0 Å². The second kappa shape index (κ2) is 5.16. The molecule has 2 unspecified atom stereocenters. The molecule has 3 rings (SSSR count). The molecule has 2 fully saturated rings.